The van der Waals surface area contributed by atoms with Crippen LogP contribution in [0.25, 0.3) is 10.9 Å². The number of aromatic nitrogens is 1. The van der Waals surface area contributed by atoms with Gasteiger partial charge in [-0.3, -0.25) is 4.79 Å². The highest BCUT2D eigenvalue weighted by Gasteiger charge is 2.39. The normalized spacial score (nSPS) is 15.5. The molecule has 2 amide bonds. The van der Waals surface area contributed by atoms with Crippen LogP contribution in [0.3, 0.4) is 0 Å². The number of nitrogens with two attached hydrogens (primary N) is 1. The summed E-state index contributed by atoms with van der Waals surface area (Å²) in [5, 5.41) is 13.9. The molecule has 1 aromatic heterocycles. The number of benzene rings is 2. The lowest BCUT2D eigenvalue weighted by molar-refractivity contribution is -0.120. The van der Waals surface area contributed by atoms with Gasteiger partial charge in [0.2, 0.25) is 5.91 Å². The highest BCUT2D eigenvalue weighted by atomic mass is 35.5. The van der Waals surface area contributed by atoms with Crippen LogP contribution in [0.4, 0.5) is 4.79 Å². The standard InChI is InChI=1S/C28H30ClN3O7/c1-28(2,3)39-27(37)31-12-13-5-7-16(18(9-13)25(34)35)21(24(30)33)17-8-6-14-10-15(29)11-19-20(14)22(17)23(32-19)26(36)38-4/h5,7,9-11,17,21,32H,6,8,12H2,1-4H3,(H2,30,33)(H,31,37)(H,34,35). The van der Waals surface area contributed by atoms with Crippen molar-refractivity contribution in [1.82, 2.24) is 10.3 Å². The Balaban J connectivity index is 1.78. The maximum atomic E-state index is 13.0. The van der Waals surface area contributed by atoms with Crippen molar-refractivity contribution in [1.29, 1.82) is 0 Å². The topological polar surface area (TPSA) is 161 Å². The van der Waals surface area contributed by atoms with Gasteiger partial charge < -0.3 is 30.6 Å². The molecule has 39 heavy (non-hydrogen) atoms. The number of carboxylic acids is 1. The zero-order valence-electron chi connectivity index (χ0n) is 22.0. The van der Waals surface area contributed by atoms with Gasteiger partial charge in [-0.05, 0) is 74.1 Å². The van der Waals surface area contributed by atoms with Gasteiger partial charge in [0.05, 0.1) is 18.6 Å². The van der Waals surface area contributed by atoms with Gasteiger partial charge in [0.1, 0.15) is 11.3 Å². The molecule has 10 nitrogen and oxygen atoms in total. The number of methoxy groups -OCH3 is 1. The number of aromatic amines is 1. The molecule has 0 fully saturated rings. The van der Waals surface area contributed by atoms with E-state index in [-0.39, 0.29) is 23.4 Å². The molecular formula is C28H30ClN3O7. The number of hydrogen-bond donors (Lipinski definition) is 4. The van der Waals surface area contributed by atoms with Crippen LogP contribution < -0.4 is 11.1 Å². The number of amides is 2. The molecule has 206 valence electrons. The third kappa shape index (κ3) is 5.70. The first-order chi connectivity index (χ1) is 18.3. The van der Waals surface area contributed by atoms with Crippen LogP contribution in [-0.2, 0) is 27.2 Å². The highest BCUT2D eigenvalue weighted by Crippen LogP contribution is 2.47. The average Bonchev–Trinajstić information content (AvgIpc) is 3.23. The van der Waals surface area contributed by atoms with Crippen LogP contribution in [0.2, 0.25) is 5.02 Å². The Labute approximate surface area is 229 Å². The molecule has 1 heterocycles. The van der Waals surface area contributed by atoms with Crippen LogP contribution >= 0.6 is 11.6 Å². The fourth-order valence-corrected chi connectivity index (χ4v) is 5.49. The number of alkyl carbamates (subject to hydrolysis) is 1. The third-order valence-corrected chi connectivity index (χ3v) is 6.91. The number of rotatable bonds is 7. The van der Waals surface area contributed by atoms with Gasteiger partial charge in [-0.2, -0.15) is 0 Å². The van der Waals surface area contributed by atoms with Crippen LogP contribution in [0.5, 0.6) is 0 Å². The van der Waals surface area contributed by atoms with Gasteiger partial charge in [0.25, 0.3) is 0 Å². The minimum Gasteiger partial charge on any atom is -0.478 e. The van der Waals surface area contributed by atoms with Crippen molar-refractivity contribution in [2.75, 3.05) is 7.11 Å². The zero-order chi connectivity index (χ0) is 28.6. The molecule has 0 spiro atoms. The molecule has 11 heteroatoms. The number of ether oxygens (including phenoxy) is 2. The third-order valence-electron chi connectivity index (χ3n) is 6.70. The fourth-order valence-electron chi connectivity index (χ4n) is 5.25. The summed E-state index contributed by atoms with van der Waals surface area (Å²) in [4.78, 5) is 53.2. The van der Waals surface area contributed by atoms with E-state index in [0.29, 0.717) is 34.5 Å². The van der Waals surface area contributed by atoms with Gasteiger partial charge in [0, 0.05) is 28.4 Å². The second-order valence-corrected chi connectivity index (χ2v) is 10.9. The van der Waals surface area contributed by atoms with Gasteiger partial charge in [0.15, 0.2) is 0 Å². The van der Waals surface area contributed by atoms with E-state index in [1.807, 2.05) is 6.07 Å². The van der Waals surface area contributed by atoms with Crippen molar-refractivity contribution in [3.05, 3.63) is 68.9 Å². The van der Waals surface area contributed by atoms with E-state index in [0.717, 1.165) is 10.9 Å². The number of aryl methyl sites for hydroxylation is 1. The summed E-state index contributed by atoms with van der Waals surface area (Å²) in [5.41, 5.74) is 8.03. The second-order valence-electron chi connectivity index (χ2n) is 10.5. The number of H-pyrrole nitrogens is 1. The number of carbonyl (C=O) groups excluding carboxylic acids is 3. The minimum absolute atomic E-state index is 0.0131. The van der Waals surface area contributed by atoms with E-state index in [1.54, 1.807) is 32.9 Å². The summed E-state index contributed by atoms with van der Waals surface area (Å²) < 4.78 is 10.2. The Bertz CT molecular complexity index is 1490. The van der Waals surface area contributed by atoms with Gasteiger partial charge in [-0.25, -0.2) is 14.4 Å². The molecule has 0 saturated carbocycles. The van der Waals surface area contributed by atoms with Crippen LogP contribution in [0.1, 0.15) is 82.1 Å². The number of nitrogens with one attached hydrogen (secondary N) is 2. The lowest BCUT2D eigenvalue weighted by atomic mass is 9.72. The van der Waals surface area contributed by atoms with Crippen molar-refractivity contribution < 1.29 is 33.8 Å². The summed E-state index contributed by atoms with van der Waals surface area (Å²) in [7, 11) is 1.25. The first kappa shape index (κ1) is 28.0. The van der Waals surface area contributed by atoms with Crippen molar-refractivity contribution in [3.8, 4) is 0 Å². The Morgan fingerprint density at radius 3 is 2.54 bits per heavy atom. The molecule has 1 aliphatic rings. The predicted octanol–water partition coefficient (Wildman–Crippen LogP) is 4.63. The van der Waals surface area contributed by atoms with E-state index in [9.17, 15) is 24.3 Å². The van der Waals surface area contributed by atoms with E-state index in [4.69, 9.17) is 26.8 Å². The fraction of sp³-hybridized carbons (Fsp3) is 0.357. The number of carboxylic acid groups (broad SMARTS) is 1. The molecule has 0 saturated heterocycles. The monoisotopic (exact) mass is 555 g/mol. The summed E-state index contributed by atoms with van der Waals surface area (Å²) >= 11 is 6.28. The number of hydrogen-bond acceptors (Lipinski definition) is 6. The largest absolute Gasteiger partial charge is 0.478 e. The van der Waals surface area contributed by atoms with E-state index < -0.39 is 41.4 Å². The SMILES string of the molecule is COC(=O)c1[nH]c2cc(Cl)cc3c2c1C(C(C(N)=O)c1ccc(CNC(=O)OC(C)(C)C)cc1C(=O)O)CC3. The molecule has 2 aromatic carbocycles. The molecule has 2 unspecified atom stereocenters. The smallest absolute Gasteiger partial charge is 0.407 e. The van der Waals surface area contributed by atoms with Crippen LogP contribution in [0.15, 0.2) is 30.3 Å². The van der Waals surface area contributed by atoms with Gasteiger partial charge in [-0.1, -0.05) is 23.7 Å². The lowest BCUT2D eigenvalue weighted by Gasteiger charge is -2.30. The Hall–Kier alpha value is -4.05. The molecular weight excluding hydrogens is 526 g/mol. The summed E-state index contributed by atoms with van der Waals surface area (Å²) in [6, 6.07) is 8.05. The molecule has 1 aliphatic carbocycles. The number of aromatic carboxylic acids is 1. The minimum atomic E-state index is -1.26. The lowest BCUT2D eigenvalue weighted by Crippen LogP contribution is -2.32. The van der Waals surface area contributed by atoms with E-state index in [2.05, 4.69) is 10.3 Å². The summed E-state index contributed by atoms with van der Waals surface area (Å²) in [5.74, 6) is -4.28. The average molecular weight is 556 g/mol. The first-order valence-electron chi connectivity index (χ1n) is 12.3. The van der Waals surface area contributed by atoms with Crippen molar-refractivity contribution >= 4 is 46.4 Å². The molecule has 0 bridgehead atoms. The van der Waals surface area contributed by atoms with Crippen LogP contribution in [0, 0.1) is 0 Å². The number of carbonyl (C=O) groups is 4. The van der Waals surface area contributed by atoms with Crippen molar-refractivity contribution in [2.24, 2.45) is 5.73 Å². The molecule has 0 aliphatic heterocycles. The maximum absolute atomic E-state index is 13.0. The Morgan fingerprint density at radius 1 is 1.21 bits per heavy atom. The van der Waals surface area contributed by atoms with Crippen LogP contribution in [-0.4, -0.2) is 46.7 Å². The zero-order valence-corrected chi connectivity index (χ0v) is 22.8. The number of esters is 1. The summed E-state index contributed by atoms with van der Waals surface area (Å²) in [6.45, 7) is 5.21. The first-order valence-corrected chi connectivity index (χ1v) is 12.7. The predicted molar refractivity (Wildman–Crippen MR) is 144 cm³/mol. The van der Waals surface area contributed by atoms with E-state index >= 15 is 0 Å². The van der Waals surface area contributed by atoms with Crippen molar-refractivity contribution in [2.45, 2.75) is 57.6 Å². The number of halogens is 1. The molecule has 2 atom stereocenters. The van der Waals surface area contributed by atoms with Gasteiger partial charge in [-0.15, -0.1) is 0 Å². The molecule has 3 aromatic rings. The molecule has 5 N–H and O–H groups in total. The highest BCUT2D eigenvalue weighted by molar-refractivity contribution is 6.31. The Kier molecular flexibility index (Phi) is 7.61. The van der Waals surface area contributed by atoms with Gasteiger partial charge >= 0.3 is 18.0 Å². The molecule has 0 radical (unpaired) electrons. The number of primary amides is 1. The van der Waals surface area contributed by atoms with Crippen molar-refractivity contribution in [3.63, 3.8) is 0 Å². The van der Waals surface area contributed by atoms with E-state index in [1.165, 1.54) is 19.2 Å². The quantitative estimate of drug-likeness (QED) is 0.309. The maximum Gasteiger partial charge on any atom is 0.407 e. The second kappa shape index (κ2) is 10.6. The Morgan fingerprint density at radius 2 is 1.92 bits per heavy atom. The summed E-state index contributed by atoms with van der Waals surface area (Å²) in [6.07, 6.45) is 0.308. The molecule has 4 rings (SSSR count).